The van der Waals surface area contributed by atoms with Gasteiger partial charge < -0.3 is 5.32 Å². The number of aromatic nitrogens is 2. The molecule has 5 rings (SSSR count). The van der Waals surface area contributed by atoms with Gasteiger partial charge in [0.2, 0.25) is 0 Å². The van der Waals surface area contributed by atoms with Crippen LogP contribution in [0, 0.1) is 0 Å². The molecule has 2 heterocycles. The smallest absolute Gasteiger partial charge is 0.369 e. The lowest BCUT2D eigenvalue weighted by Gasteiger charge is -2.17. The van der Waals surface area contributed by atoms with Gasteiger partial charge in [-0.3, -0.25) is 0 Å². The largest absolute Gasteiger partial charge is 0.416 e. The molecule has 0 fully saturated rings. The fourth-order valence-electron chi connectivity index (χ4n) is 4.21. The number of hydrogen-bond acceptors (Lipinski definition) is 2. The van der Waals surface area contributed by atoms with Crippen molar-refractivity contribution in [3.8, 4) is 5.69 Å². The van der Waals surface area contributed by atoms with E-state index in [1.165, 1.54) is 12.1 Å². The highest BCUT2D eigenvalue weighted by atomic mass is 19.4. The predicted octanol–water partition coefficient (Wildman–Crippen LogP) is 6.04. The molecular weight excluding hydrogens is 399 g/mol. The number of nitrogens with zero attached hydrogens (tertiary/aromatic N) is 2. The summed E-state index contributed by atoms with van der Waals surface area (Å²) in [5.41, 5.74) is 4.22. The second-order valence-corrected chi connectivity index (χ2v) is 7.60. The molecule has 0 aliphatic carbocycles. The fourth-order valence-corrected chi connectivity index (χ4v) is 4.21. The van der Waals surface area contributed by atoms with Crippen LogP contribution in [0.3, 0.4) is 0 Å². The molecule has 1 N–H and O–H groups in total. The van der Waals surface area contributed by atoms with Crippen molar-refractivity contribution < 1.29 is 13.2 Å². The van der Waals surface area contributed by atoms with Gasteiger partial charge >= 0.3 is 6.18 Å². The van der Waals surface area contributed by atoms with E-state index in [2.05, 4.69) is 29.6 Å². The lowest BCUT2D eigenvalue weighted by Crippen LogP contribution is -2.10. The summed E-state index contributed by atoms with van der Waals surface area (Å²) < 4.78 is 40.7. The molecule has 0 unspecified atom stereocenters. The molecule has 0 amide bonds. The van der Waals surface area contributed by atoms with Crippen molar-refractivity contribution in [3.05, 3.63) is 113 Å². The Labute approximate surface area is 178 Å². The average molecular weight is 419 g/mol. The summed E-state index contributed by atoms with van der Waals surface area (Å²) >= 11 is 0. The van der Waals surface area contributed by atoms with E-state index in [4.69, 9.17) is 5.10 Å². The zero-order valence-corrected chi connectivity index (χ0v) is 16.6. The summed E-state index contributed by atoms with van der Waals surface area (Å²) in [7, 11) is 0. The quantitative estimate of drug-likeness (QED) is 0.437. The first-order chi connectivity index (χ1) is 15.0. The summed E-state index contributed by atoms with van der Waals surface area (Å²) in [5, 5.41) is 8.29. The minimum Gasteiger partial charge on any atom is -0.369 e. The molecule has 4 aromatic rings. The zero-order chi connectivity index (χ0) is 21.4. The number of alkyl halides is 3. The molecule has 1 aromatic heterocycles. The van der Waals surface area contributed by atoms with E-state index in [-0.39, 0.29) is 5.92 Å². The standard InChI is InChI=1S/C25H20F3N3/c26-25(27,28)19-11-13-20(14-12-19)31-24-21(15-16-29-24)23(30-31)22(17-7-3-1-4-8-17)18-9-5-2-6-10-18/h1-14,22,29H,15-16H2. The van der Waals surface area contributed by atoms with Crippen LogP contribution in [0.4, 0.5) is 19.0 Å². The monoisotopic (exact) mass is 419 g/mol. The van der Waals surface area contributed by atoms with E-state index < -0.39 is 11.7 Å². The summed E-state index contributed by atoms with van der Waals surface area (Å²) in [4.78, 5) is 0. The maximum Gasteiger partial charge on any atom is 0.416 e. The van der Waals surface area contributed by atoms with Gasteiger partial charge in [-0.1, -0.05) is 60.7 Å². The van der Waals surface area contributed by atoms with Crippen LogP contribution in [-0.2, 0) is 12.6 Å². The Hall–Kier alpha value is -3.54. The highest BCUT2D eigenvalue weighted by Crippen LogP contribution is 2.39. The average Bonchev–Trinajstić information content (AvgIpc) is 3.39. The van der Waals surface area contributed by atoms with Gasteiger partial charge in [-0.05, 0) is 41.8 Å². The third-order valence-corrected chi connectivity index (χ3v) is 5.66. The Morgan fingerprint density at radius 1 is 0.806 bits per heavy atom. The van der Waals surface area contributed by atoms with Crippen molar-refractivity contribution >= 4 is 5.82 Å². The summed E-state index contributed by atoms with van der Waals surface area (Å²) in [6.45, 7) is 0.775. The van der Waals surface area contributed by atoms with E-state index in [0.717, 1.165) is 53.3 Å². The Morgan fingerprint density at radius 3 is 1.94 bits per heavy atom. The molecule has 31 heavy (non-hydrogen) atoms. The van der Waals surface area contributed by atoms with Gasteiger partial charge in [0.05, 0.1) is 22.9 Å². The molecule has 0 bridgehead atoms. The lowest BCUT2D eigenvalue weighted by atomic mass is 9.86. The first kappa shape index (κ1) is 19.4. The van der Waals surface area contributed by atoms with Gasteiger partial charge in [-0.25, -0.2) is 4.68 Å². The van der Waals surface area contributed by atoms with Crippen molar-refractivity contribution in [1.29, 1.82) is 0 Å². The first-order valence-corrected chi connectivity index (χ1v) is 10.2. The topological polar surface area (TPSA) is 29.9 Å². The highest BCUT2D eigenvalue weighted by molar-refractivity contribution is 5.60. The third-order valence-electron chi connectivity index (χ3n) is 5.66. The van der Waals surface area contributed by atoms with Crippen molar-refractivity contribution in [2.45, 2.75) is 18.5 Å². The van der Waals surface area contributed by atoms with Crippen molar-refractivity contribution in [2.24, 2.45) is 0 Å². The second-order valence-electron chi connectivity index (χ2n) is 7.60. The normalized spacial score (nSPS) is 13.3. The minimum atomic E-state index is -4.36. The van der Waals surface area contributed by atoms with Gasteiger partial charge in [0.15, 0.2) is 0 Å². The van der Waals surface area contributed by atoms with Crippen molar-refractivity contribution in [3.63, 3.8) is 0 Å². The number of halogens is 3. The van der Waals surface area contributed by atoms with Gasteiger partial charge in [0.25, 0.3) is 0 Å². The molecule has 1 aliphatic rings. The second kappa shape index (κ2) is 7.61. The number of benzene rings is 3. The number of nitrogens with one attached hydrogen (secondary N) is 1. The first-order valence-electron chi connectivity index (χ1n) is 10.2. The SMILES string of the molecule is FC(F)(F)c1ccc(-n2nc(C(c3ccccc3)c3ccccc3)c3c2NCC3)cc1. The third kappa shape index (κ3) is 3.58. The maximum atomic E-state index is 13.0. The lowest BCUT2D eigenvalue weighted by molar-refractivity contribution is -0.137. The van der Waals surface area contributed by atoms with Crippen LogP contribution < -0.4 is 5.32 Å². The summed E-state index contributed by atoms with van der Waals surface area (Å²) in [5.74, 6) is 0.790. The van der Waals surface area contributed by atoms with Crippen LogP contribution in [0.15, 0.2) is 84.9 Å². The number of rotatable bonds is 4. The van der Waals surface area contributed by atoms with Gasteiger partial charge in [-0.15, -0.1) is 0 Å². The minimum absolute atomic E-state index is 0.0632. The van der Waals surface area contributed by atoms with Crippen molar-refractivity contribution in [1.82, 2.24) is 9.78 Å². The van der Waals surface area contributed by atoms with E-state index in [1.54, 1.807) is 4.68 Å². The van der Waals surface area contributed by atoms with Gasteiger partial charge in [-0.2, -0.15) is 18.3 Å². The molecule has 3 nitrogen and oxygen atoms in total. The van der Waals surface area contributed by atoms with Crippen LogP contribution >= 0.6 is 0 Å². The van der Waals surface area contributed by atoms with Crippen LogP contribution in [0.2, 0.25) is 0 Å². The number of anilines is 1. The molecular formula is C25H20F3N3. The van der Waals surface area contributed by atoms with Crippen LogP contribution in [0.25, 0.3) is 5.69 Å². The Balaban J connectivity index is 1.65. The Kier molecular flexibility index (Phi) is 4.77. The molecule has 0 saturated heterocycles. The molecule has 0 radical (unpaired) electrons. The molecule has 6 heteroatoms. The molecule has 0 saturated carbocycles. The molecule has 0 atom stereocenters. The van der Waals surface area contributed by atoms with Crippen LogP contribution in [-0.4, -0.2) is 16.3 Å². The Bertz CT molecular complexity index is 1140. The van der Waals surface area contributed by atoms with Gasteiger partial charge in [0.1, 0.15) is 5.82 Å². The maximum absolute atomic E-state index is 13.0. The fraction of sp³-hybridized carbons (Fsp3) is 0.160. The van der Waals surface area contributed by atoms with Crippen LogP contribution in [0.1, 0.15) is 33.9 Å². The van der Waals surface area contributed by atoms with E-state index >= 15 is 0 Å². The van der Waals surface area contributed by atoms with Crippen LogP contribution in [0.5, 0.6) is 0 Å². The number of hydrogen-bond donors (Lipinski definition) is 1. The number of fused-ring (bicyclic) bond motifs is 1. The molecule has 1 aliphatic heterocycles. The van der Waals surface area contributed by atoms with Gasteiger partial charge in [0, 0.05) is 12.1 Å². The predicted molar refractivity (Wildman–Crippen MR) is 115 cm³/mol. The van der Waals surface area contributed by atoms with Crippen molar-refractivity contribution in [2.75, 3.05) is 11.9 Å². The highest BCUT2D eigenvalue weighted by Gasteiger charge is 2.32. The summed E-state index contributed by atoms with van der Waals surface area (Å²) in [6, 6.07) is 25.5. The zero-order valence-electron chi connectivity index (χ0n) is 16.6. The van der Waals surface area contributed by atoms with E-state index in [9.17, 15) is 13.2 Å². The molecule has 3 aromatic carbocycles. The van der Waals surface area contributed by atoms with E-state index in [0.29, 0.717) is 5.69 Å². The Morgan fingerprint density at radius 2 is 1.39 bits per heavy atom. The van der Waals surface area contributed by atoms with E-state index in [1.807, 2.05) is 36.4 Å². The summed E-state index contributed by atoms with van der Waals surface area (Å²) in [6.07, 6.45) is -3.54. The molecule has 156 valence electrons. The molecule has 0 spiro atoms.